The number of aliphatic hydroxyl groups is 3. The van der Waals surface area contributed by atoms with Gasteiger partial charge in [-0.25, -0.2) is 5.09 Å². The zero-order chi connectivity index (χ0) is 10.9. The average molecular weight is 245 g/mol. The molecule has 0 spiro atoms. The molecule has 0 amide bonds. The predicted octanol–water partition coefficient (Wildman–Crippen LogP) is -2.78. The van der Waals surface area contributed by atoms with Crippen molar-refractivity contribution in [1.29, 1.82) is 0 Å². The highest BCUT2D eigenvalue weighted by atomic mass is 32.5. The minimum Gasteiger partial charge on any atom is -0.394 e. The molecular formula is C5H12NO6PS. The molecule has 4 unspecified atom stereocenters. The molecule has 7 nitrogen and oxygen atoms in total. The maximum atomic E-state index is 9.32. The Morgan fingerprint density at radius 1 is 1.36 bits per heavy atom. The van der Waals surface area contributed by atoms with Crippen LogP contribution in [0.25, 0.3) is 0 Å². The van der Waals surface area contributed by atoms with E-state index in [0.29, 0.717) is 0 Å². The molecule has 0 aliphatic carbocycles. The van der Waals surface area contributed by atoms with Crippen LogP contribution in [0.3, 0.4) is 0 Å². The van der Waals surface area contributed by atoms with Gasteiger partial charge < -0.3 is 29.8 Å². The van der Waals surface area contributed by atoms with Gasteiger partial charge >= 0.3 is 0 Å². The summed E-state index contributed by atoms with van der Waals surface area (Å²) >= 11 is 4.30. The fraction of sp³-hybridized carbons (Fsp3) is 1.00. The van der Waals surface area contributed by atoms with Gasteiger partial charge in [0.15, 0.2) is 6.29 Å². The van der Waals surface area contributed by atoms with Gasteiger partial charge in [-0.15, -0.1) is 0 Å². The standard InChI is InChI=1S/C5H12NO6PS/c7-1-2-3(6-13(10,11)14)4(8)5(9)12-2/h2-5,7-9H,1H2,(H3,6,10,11,14). The van der Waals surface area contributed by atoms with Crippen LogP contribution in [0, 0.1) is 0 Å². The van der Waals surface area contributed by atoms with Crippen LogP contribution in [0.1, 0.15) is 0 Å². The van der Waals surface area contributed by atoms with Gasteiger partial charge in [-0.3, -0.25) is 0 Å². The van der Waals surface area contributed by atoms with Crippen LogP contribution in [-0.2, 0) is 16.5 Å². The maximum Gasteiger partial charge on any atom is 0.256 e. The third-order valence-corrected chi connectivity index (χ3v) is 2.82. The number of aliphatic hydroxyl groups excluding tert-OH is 3. The second-order valence-electron chi connectivity index (χ2n) is 2.94. The summed E-state index contributed by atoms with van der Waals surface area (Å²) in [4.78, 5) is 17.9. The number of hydrogen-bond donors (Lipinski definition) is 6. The average Bonchev–Trinajstić information content (AvgIpc) is 2.30. The Morgan fingerprint density at radius 2 is 1.93 bits per heavy atom. The first-order valence-electron chi connectivity index (χ1n) is 3.81. The van der Waals surface area contributed by atoms with E-state index in [4.69, 9.17) is 24.7 Å². The van der Waals surface area contributed by atoms with E-state index in [1.165, 1.54) is 0 Å². The topological polar surface area (TPSA) is 122 Å². The van der Waals surface area contributed by atoms with Gasteiger partial charge in [-0.1, -0.05) is 0 Å². The Labute approximate surface area is 85.2 Å². The highest BCUT2D eigenvalue weighted by Gasteiger charge is 2.44. The molecule has 0 radical (unpaired) electrons. The Balaban J connectivity index is 2.69. The van der Waals surface area contributed by atoms with Crippen molar-refractivity contribution in [1.82, 2.24) is 5.09 Å². The third-order valence-electron chi connectivity index (χ3n) is 1.87. The molecular weight excluding hydrogens is 233 g/mol. The zero-order valence-corrected chi connectivity index (χ0v) is 8.73. The van der Waals surface area contributed by atoms with Gasteiger partial charge in [0.2, 0.25) is 0 Å². The fourth-order valence-electron chi connectivity index (χ4n) is 1.25. The van der Waals surface area contributed by atoms with E-state index >= 15 is 0 Å². The summed E-state index contributed by atoms with van der Waals surface area (Å²) in [7, 11) is 0. The Hall–Kier alpha value is 0.370. The second kappa shape index (κ2) is 4.48. The van der Waals surface area contributed by atoms with E-state index in [-0.39, 0.29) is 0 Å². The molecule has 1 fully saturated rings. The summed E-state index contributed by atoms with van der Waals surface area (Å²) in [6.07, 6.45) is -3.73. The summed E-state index contributed by atoms with van der Waals surface area (Å²) < 4.78 is 4.72. The van der Waals surface area contributed by atoms with Gasteiger partial charge in [-0.2, -0.15) is 0 Å². The van der Waals surface area contributed by atoms with E-state index in [0.717, 1.165) is 0 Å². The molecule has 4 atom stereocenters. The normalized spacial score (nSPS) is 38.9. The van der Waals surface area contributed by atoms with Crippen LogP contribution in [-0.4, -0.2) is 56.3 Å². The number of hydrogen-bond acceptors (Lipinski definition) is 5. The summed E-state index contributed by atoms with van der Waals surface area (Å²) in [5.74, 6) is 0. The van der Waals surface area contributed by atoms with Crippen molar-refractivity contribution in [2.45, 2.75) is 24.5 Å². The number of rotatable bonds is 3. The predicted molar refractivity (Wildman–Crippen MR) is 49.6 cm³/mol. The van der Waals surface area contributed by atoms with E-state index in [2.05, 4.69) is 16.9 Å². The molecule has 0 aromatic carbocycles. The highest BCUT2D eigenvalue weighted by Crippen LogP contribution is 2.33. The lowest BCUT2D eigenvalue weighted by atomic mass is 10.1. The first-order valence-corrected chi connectivity index (χ1v) is 6.51. The van der Waals surface area contributed by atoms with Crippen molar-refractivity contribution in [3.8, 4) is 0 Å². The molecule has 0 bridgehead atoms. The van der Waals surface area contributed by atoms with Gasteiger partial charge in [0, 0.05) is 0 Å². The zero-order valence-electron chi connectivity index (χ0n) is 7.02. The molecule has 0 saturated carbocycles. The van der Waals surface area contributed by atoms with Crippen molar-refractivity contribution in [3.05, 3.63) is 0 Å². The molecule has 0 aromatic heterocycles. The maximum absolute atomic E-state index is 9.32. The van der Waals surface area contributed by atoms with Crippen molar-refractivity contribution >= 4 is 18.4 Å². The van der Waals surface area contributed by atoms with Crippen LogP contribution < -0.4 is 5.09 Å². The van der Waals surface area contributed by atoms with Gasteiger partial charge in [0.25, 0.3) is 6.64 Å². The van der Waals surface area contributed by atoms with Gasteiger partial charge in [-0.05, 0) is 11.8 Å². The minimum absolute atomic E-state index is 0.471. The highest BCUT2D eigenvalue weighted by molar-refractivity contribution is 8.08. The molecule has 1 aliphatic heterocycles. The molecule has 84 valence electrons. The van der Waals surface area contributed by atoms with E-state index < -0.39 is 37.8 Å². The van der Waals surface area contributed by atoms with Crippen LogP contribution in [0.15, 0.2) is 0 Å². The van der Waals surface area contributed by atoms with Crippen LogP contribution in [0.4, 0.5) is 0 Å². The molecule has 14 heavy (non-hydrogen) atoms. The smallest absolute Gasteiger partial charge is 0.256 e. The number of nitrogens with one attached hydrogen (secondary N) is 1. The van der Waals surface area contributed by atoms with E-state index in [1.807, 2.05) is 0 Å². The van der Waals surface area contributed by atoms with Crippen molar-refractivity contribution in [2.24, 2.45) is 0 Å². The fourth-order valence-corrected chi connectivity index (χ4v) is 2.32. The van der Waals surface area contributed by atoms with Crippen LogP contribution in [0.5, 0.6) is 0 Å². The minimum atomic E-state index is -3.71. The summed E-state index contributed by atoms with van der Waals surface area (Å²) in [6, 6.07) is -0.990. The molecule has 1 heterocycles. The number of ether oxygens (including phenoxy) is 1. The first kappa shape index (κ1) is 12.4. The lowest BCUT2D eigenvalue weighted by Gasteiger charge is -2.22. The van der Waals surface area contributed by atoms with Gasteiger partial charge in [0.05, 0.1) is 12.6 Å². The summed E-state index contributed by atoms with van der Waals surface area (Å²) in [5.41, 5.74) is 0. The lowest BCUT2D eigenvalue weighted by Crippen LogP contribution is -2.44. The lowest BCUT2D eigenvalue weighted by molar-refractivity contribution is -0.132. The van der Waals surface area contributed by atoms with E-state index in [1.54, 1.807) is 0 Å². The van der Waals surface area contributed by atoms with E-state index in [9.17, 15) is 5.11 Å². The molecule has 1 aliphatic rings. The van der Waals surface area contributed by atoms with Crippen LogP contribution >= 0.6 is 6.64 Å². The Kier molecular flexibility index (Phi) is 3.98. The molecule has 1 rings (SSSR count). The third kappa shape index (κ3) is 2.93. The molecule has 6 N–H and O–H groups in total. The second-order valence-corrected chi connectivity index (χ2v) is 5.81. The SMILES string of the molecule is OCC1OC(O)C(O)C1NP(O)(O)=S. The molecule has 9 heteroatoms. The van der Waals surface area contributed by atoms with Crippen molar-refractivity contribution < 1.29 is 29.8 Å². The first-order chi connectivity index (χ1) is 6.35. The summed E-state index contributed by atoms with van der Waals surface area (Å²) in [6.45, 7) is -4.18. The summed E-state index contributed by atoms with van der Waals surface area (Å²) in [5, 5.41) is 29.3. The molecule has 0 aromatic rings. The van der Waals surface area contributed by atoms with Crippen LogP contribution in [0.2, 0.25) is 0 Å². The quantitative estimate of drug-likeness (QED) is 0.295. The van der Waals surface area contributed by atoms with Crippen molar-refractivity contribution in [3.63, 3.8) is 0 Å². The molecule has 1 saturated heterocycles. The Bertz CT molecular complexity index is 246. The Morgan fingerprint density at radius 3 is 2.36 bits per heavy atom. The largest absolute Gasteiger partial charge is 0.394 e. The monoisotopic (exact) mass is 245 g/mol. The van der Waals surface area contributed by atoms with Crippen molar-refractivity contribution in [2.75, 3.05) is 6.61 Å². The van der Waals surface area contributed by atoms with Gasteiger partial charge in [0.1, 0.15) is 12.2 Å².